The van der Waals surface area contributed by atoms with Crippen molar-refractivity contribution in [3.63, 3.8) is 0 Å². The highest BCUT2D eigenvalue weighted by Gasteiger charge is 2.08. The van der Waals surface area contributed by atoms with Crippen molar-refractivity contribution in [1.82, 2.24) is 15.5 Å². The minimum atomic E-state index is 0.331. The average molecular weight is 311 g/mol. The van der Waals surface area contributed by atoms with Gasteiger partial charge in [-0.3, -0.25) is 0 Å². The molecule has 2 N–H and O–H groups in total. The van der Waals surface area contributed by atoms with Gasteiger partial charge in [-0.05, 0) is 30.7 Å². The molecule has 114 valence electrons. The molecule has 21 heavy (non-hydrogen) atoms. The molecule has 1 heterocycles. The molecule has 0 unspecified atom stereocenters. The second-order valence-electron chi connectivity index (χ2n) is 5.00. The Hall–Kier alpha value is -1.79. The highest BCUT2D eigenvalue weighted by Crippen LogP contribution is 2.28. The van der Waals surface area contributed by atoms with Crippen LogP contribution in [0, 0.1) is 5.92 Å². The van der Waals surface area contributed by atoms with Crippen LogP contribution in [0.4, 0.5) is 11.7 Å². The molecule has 1 aromatic carbocycles. The first kappa shape index (κ1) is 15.6. The number of nitrogens with one attached hydrogen (secondary N) is 2. The topological polar surface area (TPSA) is 72.2 Å². The summed E-state index contributed by atoms with van der Waals surface area (Å²) in [4.78, 5) is 0. The monoisotopic (exact) mass is 310 g/mol. The molecule has 0 saturated heterocycles. The smallest absolute Gasteiger partial charge is 0.320 e. The van der Waals surface area contributed by atoms with E-state index in [4.69, 9.17) is 20.8 Å². The zero-order chi connectivity index (χ0) is 15.2. The number of rotatable bonds is 7. The van der Waals surface area contributed by atoms with E-state index in [1.807, 2.05) is 6.07 Å². The van der Waals surface area contributed by atoms with E-state index in [1.54, 1.807) is 19.2 Å². The van der Waals surface area contributed by atoms with E-state index < -0.39 is 0 Å². The van der Waals surface area contributed by atoms with E-state index in [9.17, 15) is 0 Å². The fourth-order valence-corrected chi connectivity index (χ4v) is 1.97. The molecular weight excluding hydrogens is 292 g/mol. The summed E-state index contributed by atoms with van der Waals surface area (Å²) in [7, 11) is 1.57. The first-order valence-corrected chi connectivity index (χ1v) is 7.10. The van der Waals surface area contributed by atoms with E-state index in [2.05, 4.69) is 34.7 Å². The fraction of sp³-hybridized carbons (Fsp3) is 0.429. The third-order valence-corrected chi connectivity index (χ3v) is 2.99. The SMILES string of the molecule is COc1ccc(Nc2nnc(CNCC(C)C)o2)cc1Cl. The van der Waals surface area contributed by atoms with Gasteiger partial charge in [0.05, 0.1) is 18.7 Å². The van der Waals surface area contributed by atoms with Crippen molar-refractivity contribution in [2.24, 2.45) is 5.92 Å². The maximum atomic E-state index is 6.06. The van der Waals surface area contributed by atoms with Gasteiger partial charge >= 0.3 is 6.01 Å². The normalized spacial score (nSPS) is 10.9. The molecule has 7 heteroatoms. The molecule has 0 atom stereocenters. The van der Waals surface area contributed by atoms with Crippen molar-refractivity contribution in [2.45, 2.75) is 20.4 Å². The third-order valence-electron chi connectivity index (χ3n) is 2.70. The lowest BCUT2D eigenvalue weighted by atomic mass is 10.2. The van der Waals surface area contributed by atoms with Crippen LogP contribution in [0.15, 0.2) is 22.6 Å². The van der Waals surface area contributed by atoms with Crippen LogP contribution in [0.3, 0.4) is 0 Å². The number of ether oxygens (including phenoxy) is 1. The largest absolute Gasteiger partial charge is 0.495 e. The van der Waals surface area contributed by atoms with Gasteiger partial charge in [-0.2, -0.15) is 0 Å². The molecule has 0 bridgehead atoms. The third kappa shape index (κ3) is 4.61. The molecule has 0 aliphatic heterocycles. The van der Waals surface area contributed by atoms with Crippen molar-refractivity contribution < 1.29 is 9.15 Å². The Morgan fingerprint density at radius 1 is 1.33 bits per heavy atom. The molecule has 0 amide bonds. The first-order chi connectivity index (χ1) is 10.1. The van der Waals surface area contributed by atoms with E-state index in [1.165, 1.54) is 0 Å². The molecule has 0 fully saturated rings. The lowest BCUT2D eigenvalue weighted by Crippen LogP contribution is -2.19. The van der Waals surface area contributed by atoms with Crippen LogP contribution in [-0.4, -0.2) is 23.9 Å². The van der Waals surface area contributed by atoms with Crippen molar-refractivity contribution in [1.29, 1.82) is 0 Å². The van der Waals surface area contributed by atoms with Crippen LogP contribution in [0.25, 0.3) is 0 Å². The Balaban J connectivity index is 1.94. The Morgan fingerprint density at radius 2 is 2.14 bits per heavy atom. The molecule has 0 aliphatic carbocycles. The molecule has 6 nitrogen and oxygen atoms in total. The van der Waals surface area contributed by atoms with Gasteiger partial charge in [-0.15, -0.1) is 5.10 Å². The summed E-state index contributed by atoms with van der Waals surface area (Å²) in [5.41, 5.74) is 0.756. The average Bonchev–Trinajstić information content (AvgIpc) is 2.86. The zero-order valence-electron chi connectivity index (χ0n) is 12.3. The number of hydrogen-bond acceptors (Lipinski definition) is 6. The Bertz CT molecular complexity index is 586. The maximum absolute atomic E-state index is 6.06. The Kier molecular flexibility index (Phi) is 5.41. The Morgan fingerprint density at radius 3 is 2.81 bits per heavy atom. The number of halogens is 1. The van der Waals surface area contributed by atoms with Gasteiger partial charge in [0.1, 0.15) is 5.75 Å². The fourth-order valence-electron chi connectivity index (χ4n) is 1.71. The molecule has 2 rings (SSSR count). The van der Waals surface area contributed by atoms with Crippen molar-refractivity contribution in [2.75, 3.05) is 19.0 Å². The van der Waals surface area contributed by atoms with Crippen LogP contribution in [-0.2, 0) is 6.54 Å². The van der Waals surface area contributed by atoms with Gasteiger partial charge in [-0.25, -0.2) is 0 Å². The van der Waals surface area contributed by atoms with Crippen LogP contribution in [0.1, 0.15) is 19.7 Å². The molecule has 0 radical (unpaired) electrons. The maximum Gasteiger partial charge on any atom is 0.320 e. The quantitative estimate of drug-likeness (QED) is 0.818. The van der Waals surface area contributed by atoms with Crippen LogP contribution >= 0.6 is 11.6 Å². The van der Waals surface area contributed by atoms with E-state index >= 15 is 0 Å². The van der Waals surface area contributed by atoms with Crippen LogP contribution in [0.2, 0.25) is 5.02 Å². The van der Waals surface area contributed by atoms with Crippen molar-refractivity contribution >= 4 is 23.3 Å². The zero-order valence-corrected chi connectivity index (χ0v) is 13.1. The van der Waals surface area contributed by atoms with Crippen molar-refractivity contribution in [3.8, 4) is 5.75 Å². The van der Waals surface area contributed by atoms with Crippen LogP contribution in [0.5, 0.6) is 5.75 Å². The highest BCUT2D eigenvalue weighted by molar-refractivity contribution is 6.32. The van der Waals surface area contributed by atoms with E-state index in [0.717, 1.165) is 12.2 Å². The standard InChI is InChI=1S/C14H19ClN4O2/c1-9(2)7-16-8-13-18-19-14(21-13)17-10-4-5-12(20-3)11(15)6-10/h4-6,9,16H,7-8H2,1-3H3,(H,17,19). The summed E-state index contributed by atoms with van der Waals surface area (Å²) in [6, 6.07) is 5.66. The number of benzene rings is 1. The molecule has 1 aromatic heterocycles. The minimum absolute atomic E-state index is 0.331. The summed E-state index contributed by atoms with van der Waals surface area (Å²) in [6.45, 7) is 5.73. The summed E-state index contributed by atoms with van der Waals surface area (Å²) < 4.78 is 10.6. The molecule has 2 aromatic rings. The van der Waals surface area contributed by atoms with Gasteiger partial charge < -0.3 is 19.8 Å². The number of anilines is 2. The lowest BCUT2D eigenvalue weighted by Gasteiger charge is -2.06. The molecule has 0 aliphatic rings. The molecule has 0 spiro atoms. The van der Waals surface area contributed by atoms with Gasteiger partial charge in [0.25, 0.3) is 0 Å². The first-order valence-electron chi connectivity index (χ1n) is 6.72. The van der Waals surface area contributed by atoms with Gasteiger partial charge in [0, 0.05) is 5.69 Å². The Labute approximate surface area is 128 Å². The highest BCUT2D eigenvalue weighted by atomic mass is 35.5. The number of aromatic nitrogens is 2. The van der Waals surface area contributed by atoms with Gasteiger partial charge in [0.2, 0.25) is 5.89 Å². The predicted octanol–water partition coefficient (Wildman–Crippen LogP) is 3.22. The molecule has 0 saturated carbocycles. The number of hydrogen-bond donors (Lipinski definition) is 2. The summed E-state index contributed by atoms with van der Waals surface area (Å²) >= 11 is 6.06. The lowest BCUT2D eigenvalue weighted by molar-refractivity contribution is 0.415. The van der Waals surface area contributed by atoms with Crippen LogP contribution < -0.4 is 15.4 Å². The summed E-state index contributed by atoms with van der Waals surface area (Å²) in [5, 5.41) is 14.7. The van der Waals surface area contributed by atoms with E-state index in [0.29, 0.717) is 35.1 Å². The van der Waals surface area contributed by atoms with Gasteiger partial charge in [0.15, 0.2) is 0 Å². The number of methoxy groups -OCH3 is 1. The second kappa shape index (κ2) is 7.28. The predicted molar refractivity (Wildman–Crippen MR) is 82.1 cm³/mol. The second-order valence-corrected chi connectivity index (χ2v) is 5.41. The van der Waals surface area contributed by atoms with Gasteiger partial charge in [-0.1, -0.05) is 30.5 Å². The van der Waals surface area contributed by atoms with Crippen molar-refractivity contribution in [3.05, 3.63) is 29.1 Å². The molecular formula is C14H19ClN4O2. The summed E-state index contributed by atoms with van der Waals surface area (Å²) in [5.74, 6) is 1.73. The summed E-state index contributed by atoms with van der Waals surface area (Å²) in [6.07, 6.45) is 0. The van der Waals surface area contributed by atoms with E-state index in [-0.39, 0.29) is 0 Å². The number of nitrogens with zero attached hydrogens (tertiary/aromatic N) is 2. The minimum Gasteiger partial charge on any atom is -0.495 e.